The Kier molecular flexibility index (Phi) is 4.26. The van der Waals surface area contributed by atoms with Crippen LogP contribution in [0.4, 0.5) is 0 Å². The lowest BCUT2D eigenvalue weighted by Gasteiger charge is -2.29. The third kappa shape index (κ3) is 2.98. The molecule has 5 rings (SSSR count). The van der Waals surface area contributed by atoms with E-state index < -0.39 is 0 Å². The van der Waals surface area contributed by atoms with Gasteiger partial charge in [-0.15, -0.1) is 0 Å². The van der Waals surface area contributed by atoms with Crippen LogP contribution >= 0.6 is 0 Å². The first kappa shape index (κ1) is 17.3. The normalized spacial score (nSPS) is 35.0. The van der Waals surface area contributed by atoms with E-state index in [1.54, 1.807) is 12.1 Å². The molecule has 4 aliphatic rings. The minimum absolute atomic E-state index is 0.171. The van der Waals surface area contributed by atoms with Crippen LogP contribution in [0, 0.1) is 17.8 Å². The summed E-state index contributed by atoms with van der Waals surface area (Å²) in [7, 11) is 0. The van der Waals surface area contributed by atoms with Gasteiger partial charge in [-0.1, -0.05) is 12.8 Å². The van der Waals surface area contributed by atoms with Crippen molar-refractivity contribution in [2.75, 3.05) is 19.6 Å². The molecule has 3 saturated heterocycles. The molecule has 2 amide bonds. The highest BCUT2D eigenvalue weighted by Crippen LogP contribution is 2.54. The summed E-state index contributed by atoms with van der Waals surface area (Å²) >= 11 is 0. The van der Waals surface area contributed by atoms with Gasteiger partial charge in [-0.25, -0.2) is 0 Å². The molecule has 2 bridgehead atoms. The number of carbonyl (C=O) groups is 2. The maximum absolute atomic E-state index is 12.8. The molecule has 1 aromatic rings. The molecule has 1 N–H and O–H groups in total. The van der Waals surface area contributed by atoms with Gasteiger partial charge in [0.2, 0.25) is 5.91 Å². The van der Waals surface area contributed by atoms with Crippen molar-refractivity contribution in [2.45, 2.75) is 56.7 Å². The zero-order valence-corrected chi connectivity index (χ0v) is 15.7. The molecule has 3 aliphatic heterocycles. The number of nitrogens with one attached hydrogen (secondary N) is 1. The lowest BCUT2D eigenvalue weighted by Crippen LogP contribution is -2.41. The molecule has 1 saturated carbocycles. The second-order valence-electron chi connectivity index (χ2n) is 8.85. The largest absolute Gasteiger partial charge is 0.459 e. The zero-order valence-electron chi connectivity index (χ0n) is 15.7. The van der Waals surface area contributed by atoms with Crippen molar-refractivity contribution in [3.05, 3.63) is 24.2 Å². The van der Waals surface area contributed by atoms with Crippen LogP contribution < -0.4 is 5.32 Å². The van der Waals surface area contributed by atoms with E-state index in [0.29, 0.717) is 36.5 Å². The molecule has 0 radical (unpaired) electrons. The molecule has 0 aromatic carbocycles. The molecule has 0 unspecified atom stereocenters. The number of hydrogen-bond acceptors (Lipinski definition) is 4. The van der Waals surface area contributed by atoms with Crippen molar-refractivity contribution in [2.24, 2.45) is 17.8 Å². The summed E-state index contributed by atoms with van der Waals surface area (Å²) in [6.07, 6.45) is 9.43. The fraction of sp³-hybridized carbons (Fsp3) is 0.714. The maximum atomic E-state index is 12.8. The topological polar surface area (TPSA) is 71.8 Å². The van der Waals surface area contributed by atoms with Gasteiger partial charge >= 0.3 is 0 Å². The van der Waals surface area contributed by atoms with E-state index in [1.807, 2.05) is 4.90 Å². The number of nitrogens with zero attached hydrogens (tertiary/aromatic N) is 1. The van der Waals surface area contributed by atoms with Crippen LogP contribution in [-0.4, -0.2) is 48.1 Å². The molecule has 146 valence electrons. The number of hydrogen-bond donors (Lipinski definition) is 1. The summed E-state index contributed by atoms with van der Waals surface area (Å²) in [5.41, 5.74) is -0.171. The standard InChI is InChI=1S/C21H28N2O4/c24-19(10-14-4-1-2-5-14)23-12-16-15(17-7-8-21(16,13-23)27-17)11-22-20(25)18-6-3-9-26-18/h3,6,9,14-17H,1-2,4-5,7-8,10-13H2,(H,22,25)/t15-,16+,17+,21+/m0/s1. The average molecular weight is 372 g/mol. The molecule has 1 spiro atoms. The van der Waals surface area contributed by atoms with Gasteiger partial charge in [-0.3, -0.25) is 9.59 Å². The Morgan fingerprint density at radius 3 is 2.89 bits per heavy atom. The molecule has 1 aromatic heterocycles. The van der Waals surface area contributed by atoms with Crippen LogP contribution in [0.25, 0.3) is 0 Å². The average Bonchev–Trinajstić information content (AvgIpc) is 3.46. The first-order valence-electron chi connectivity index (χ1n) is 10.4. The Labute approximate surface area is 159 Å². The predicted octanol–water partition coefficient (Wildman–Crippen LogP) is 2.60. The Hall–Kier alpha value is -1.82. The van der Waals surface area contributed by atoms with Gasteiger partial charge in [-0.05, 0) is 43.7 Å². The molecule has 4 heterocycles. The molecular weight excluding hydrogens is 344 g/mol. The summed E-state index contributed by atoms with van der Waals surface area (Å²) in [6, 6.07) is 3.39. The van der Waals surface area contributed by atoms with Gasteiger partial charge in [0.15, 0.2) is 5.76 Å². The monoisotopic (exact) mass is 372 g/mol. The molecule has 6 nitrogen and oxygen atoms in total. The number of furan rings is 1. The van der Waals surface area contributed by atoms with Crippen LogP contribution in [0.2, 0.25) is 0 Å². The van der Waals surface area contributed by atoms with Crippen molar-refractivity contribution in [1.29, 1.82) is 0 Å². The predicted molar refractivity (Wildman–Crippen MR) is 98.0 cm³/mol. The van der Waals surface area contributed by atoms with E-state index in [4.69, 9.17) is 9.15 Å². The van der Waals surface area contributed by atoms with Crippen LogP contribution in [0.3, 0.4) is 0 Å². The molecule has 6 heteroatoms. The van der Waals surface area contributed by atoms with Crippen LogP contribution in [0.5, 0.6) is 0 Å². The highest BCUT2D eigenvalue weighted by atomic mass is 16.5. The molecule has 4 atom stereocenters. The van der Waals surface area contributed by atoms with E-state index in [-0.39, 0.29) is 23.5 Å². The Balaban J connectivity index is 1.22. The summed E-state index contributed by atoms with van der Waals surface area (Å²) in [4.78, 5) is 27.1. The fourth-order valence-electron chi connectivity index (χ4n) is 5.95. The highest BCUT2D eigenvalue weighted by Gasteiger charge is 2.63. The minimum Gasteiger partial charge on any atom is -0.459 e. The van der Waals surface area contributed by atoms with Crippen molar-refractivity contribution in [1.82, 2.24) is 10.2 Å². The van der Waals surface area contributed by atoms with Gasteiger partial charge in [0.25, 0.3) is 5.91 Å². The Morgan fingerprint density at radius 1 is 1.26 bits per heavy atom. The summed E-state index contributed by atoms with van der Waals surface area (Å²) < 4.78 is 11.6. The van der Waals surface area contributed by atoms with Crippen LogP contribution in [-0.2, 0) is 9.53 Å². The van der Waals surface area contributed by atoms with Gasteiger partial charge in [0, 0.05) is 31.3 Å². The number of fused-ring (bicyclic) bond motifs is 1. The first-order valence-corrected chi connectivity index (χ1v) is 10.4. The van der Waals surface area contributed by atoms with Crippen molar-refractivity contribution < 1.29 is 18.7 Å². The molecule has 1 aliphatic carbocycles. The van der Waals surface area contributed by atoms with E-state index in [9.17, 15) is 9.59 Å². The van der Waals surface area contributed by atoms with E-state index in [1.165, 1.54) is 31.9 Å². The fourth-order valence-corrected chi connectivity index (χ4v) is 5.95. The number of likely N-dealkylation sites (tertiary alicyclic amines) is 1. The third-order valence-corrected chi connectivity index (χ3v) is 7.32. The number of carbonyl (C=O) groups excluding carboxylic acids is 2. The van der Waals surface area contributed by atoms with E-state index in [0.717, 1.165) is 25.9 Å². The first-order chi connectivity index (χ1) is 13.1. The summed E-state index contributed by atoms with van der Waals surface area (Å²) in [6.45, 7) is 2.10. The van der Waals surface area contributed by atoms with Crippen molar-refractivity contribution >= 4 is 11.8 Å². The van der Waals surface area contributed by atoms with Crippen molar-refractivity contribution in [3.8, 4) is 0 Å². The highest BCUT2D eigenvalue weighted by molar-refractivity contribution is 5.91. The second kappa shape index (κ2) is 6.66. The van der Waals surface area contributed by atoms with E-state index in [2.05, 4.69) is 5.32 Å². The minimum atomic E-state index is -0.177. The number of amides is 2. The molecule has 4 fully saturated rings. The molecule has 27 heavy (non-hydrogen) atoms. The zero-order chi connectivity index (χ0) is 18.4. The lowest BCUT2D eigenvalue weighted by atomic mass is 9.73. The second-order valence-corrected chi connectivity index (χ2v) is 8.85. The number of rotatable bonds is 5. The third-order valence-electron chi connectivity index (χ3n) is 7.32. The number of ether oxygens (including phenoxy) is 1. The smallest absolute Gasteiger partial charge is 0.286 e. The maximum Gasteiger partial charge on any atom is 0.286 e. The van der Waals surface area contributed by atoms with Gasteiger partial charge in [0.1, 0.15) is 0 Å². The van der Waals surface area contributed by atoms with E-state index >= 15 is 0 Å². The molecular formula is C21H28N2O4. The van der Waals surface area contributed by atoms with Crippen LogP contribution in [0.1, 0.15) is 55.5 Å². The van der Waals surface area contributed by atoms with Gasteiger partial charge in [0.05, 0.1) is 24.5 Å². The quantitative estimate of drug-likeness (QED) is 0.862. The van der Waals surface area contributed by atoms with Crippen LogP contribution in [0.15, 0.2) is 22.8 Å². The SMILES string of the molecule is O=C(NC[C@H]1[C@H]2CN(C(=O)CC3CCCC3)C[C@]23CC[C@H]1O3)c1ccco1. The lowest BCUT2D eigenvalue weighted by molar-refractivity contribution is -0.132. The summed E-state index contributed by atoms with van der Waals surface area (Å²) in [5, 5.41) is 3.01. The summed E-state index contributed by atoms with van der Waals surface area (Å²) in [5.74, 6) is 1.66. The van der Waals surface area contributed by atoms with Crippen molar-refractivity contribution in [3.63, 3.8) is 0 Å². The van der Waals surface area contributed by atoms with Gasteiger partial charge < -0.3 is 19.4 Å². The van der Waals surface area contributed by atoms with Gasteiger partial charge in [-0.2, -0.15) is 0 Å². The Bertz CT molecular complexity index is 712. The Morgan fingerprint density at radius 2 is 2.11 bits per heavy atom.